The van der Waals surface area contributed by atoms with E-state index >= 15 is 0 Å². The first kappa shape index (κ1) is 18.4. The highest BCUT2D eigenvalue weighted by atomic mass is 35.5. The van der Waals surface area contributed by atoms with Crippen molar-refractivity contribution in [3.63, 3.8) is 0 Å². The van der Waals surface area contributed by atoms with Crippen LogP contribution >= 0.6 is 34.3 Å². The lowest BCUT2D eigenvalue weighted by Gasteiger charge is -2.10. The number of amides is 2. The van der Waals surface area contributed by atoms with Crippen molar-refractivity contribution in [2.45, 2.75) is 6.92 Å². The molecule has 26 heavy (non-hydrogen) atoms. The summed E-state index contributed by atoms with van der Waals surface area (Å²) < 4.78 is 5.14. The van der Waals surface area contributed by atoms with Gasteiger partial charge in [-0.05, 0) is 36.6 Å². The lowest BCUT2D eigenvalue weighted by Crippen LogP contribution is -2.41. The minimum Gasteiger partial charge on any atom is -0.496 e. The van der Waals surface area contributed by atoms with Crippen LogP contribution in [0.25, 0.3) is 9.88 Å². The maximum absolute atomic E-state index is 12.4. The fraction of sp³-hybridized carbons (Fsp3) is 0.118. The van der Waals surface area contributed by atoms with Crippen molar-refractivity contribution in [3.8, 4) is 15.6 Å². The van der Waals surface area contributed by atoms with Crippen LogP contribution in [-0.2, 0) is 0 Å². The standard InChI is InChI=1S/C17H14ClN3O3S2/c1-9-14(26-17(19-9)13-4-3-7-25-13)16(23)21-20-15(22)11-6-5-10(18)8-12(11)24-2/h3-8H,1-2H3,(H,20,22)(H,21,23). The molecule has 0 saturated heterocycles. The first-order valence-corrected chi connectivity index (χ1v) is 9.52. The van der Waals surface area contributed by atoms with E-state index in [-0.39, 0.29) is 5.56 Å². The van der Waals surface area contributed by atoms with Gasteiger partial charge >= 0.3 is 0 Å². The minimum absolute atomic E-state index is 0.262. The normalized spacial score (nSPS) is 10.4. The van der Waals surface area contributed by atoms with Crippen molar-refractivity contribution in [2.75, 3.05) is 7.11 Å². The number of nitrogens with one attached hydrogen (secondary N) is 2. The summed E-state index contributed by atoms with van der Waals surface area (Å²) in [6, 6.07) is 8.49. The van der Waals surface area contributed by atoms with Gasteiger partial charge in [0.2, 0.25) is 0 Å². The zero-order chi connectivity index (χ0) is 18.7. The topological polar surface area (TPSA) is 80.3 Å². The van der Waals surface area contributed by atoms with E-state index < -0.39 is 11.8 Å². The molecule has 0 fully saturated rings. The van der Waals surface area contributed by atoms with Crippen LogP contribution in [0, 0.1) is 6.92 Å². The second-order valence-electron chi connectivity index (χ2n) is 5.16. The first-order valence-electron chi connectivity index (χ1n) is 7.45. The van der Waals surface area contributed by atoms with Gasteiger partial charge in [-0.3, -0.25) is 20.4 Å². The van der Waals surface area contributed by atoms with Crippen LogP contribution in [0.5, 0.6) is 5.75 Å². The van der Waals surface area contributed by atoms with E-state index in [0.717, 1.165) is 9.88 Å². The van der Waals surface area contributed by atoms with Gasteiger partial charge in [-0.2, -0.15) is 0 Å². The fourth-order valence-electron chi connectivity index (χ4n) is 2.20. The molecule has 2 N–H and O–H groups in total. The third kappa shape index (κ3) is 3.87. The Balaban J connectivity index is 1.70. The fourth-order valence-corrected chi connectivity index (χ4v) is 4.12. The molecule has 2 aromatic heterocycles. The summed E-state index contributed by atoms with van der Waals surface area (Å²) in [5.41, 5.74) is 5.66. The molecule has 0 aliphatic heterocycles. The molecule has 0 radical (unpaired) electrons. The highest BCUT2D eigenvalue weighted by Crippen LogP contribution is 2.31. The zero-order valence-corrected chi connectivity index (χ0v) is 16.2. The predicted molar refractivity (Wildman–Crippen MR) is 103 cm³/mol. The number of aryl methyl sites for hydroxylation is 1. The Morgan fingerprint density at radius 1 is 1.19 bits per heavy atom. The van der Waals surface area contributed by atoms with Crippen molar-refractivity contribution >= 4 is 46.1 Å². The number of rotatable bonds is 4. The Morgan fingerprint density at radius 3 is 2.65 bits per heavy atom. The Hall–Kier alpha value is -2.42. The van der Waals surface area contributed by atoms with E-state index in [9.17, 15) is 9.59 Å². The van der Waals surface area contributed by atoms with Gasteiger partial charge in [0, 0.05) is 5.02 Å². The number of hydrazine groups is 1. The van der Waals surface area contributed by atoms with Crippen LogP contribution in [-0.4, -0.2) is 23.9 Å². The van der Waals surface area contributed by atoms with Gasteiger partial charge in [0.25, 0.3) is 11.8 Å². The van der Waals surface area contributed by atoms with Gasteiger partial charge in [-0.15, -0.1) is 22.7 Å². The van der Waals surface area contributed by atoms with Gasteiger partial charge in [0.05, 0.1) is 23.2 Å². The summed E-state index contributed by atoms with van der Waals surface area (Å²) in [5, 5.41) is 3.17. The van der Waals surface area contributed by atoms with E-state index in [1.54, 1.807) is 24.3 Å². The number of aromatic nitrogens is 1. The average Bonchev–Trinajstić information content (AvgIpc) is 3.28. The van der Waals surface area contributed by atoms with Crippen LogP contribution in [0.1, 0.15) is 25.7 Å². The van der Waals surface area contributed by atoms with Crippen LogP contribution in [0.3, 0.4) is 0 Å². The van der Waals surface area contributed by atoms with Gasteiger partial charge in [-0.25, -0.2) is 4.98 Å². The van der Waals surface area contributed by atoms with Gasteiger partial charge in [0.1, 0.15) is 15.6 Å². The van der Waals surface area contributed by atoms with E-state index in [4.69, 9.17) is 16.3 Å². The number of benzene rings is 1. The van der Waals surface area contributed by atoms with Crippen molar-refractivity contribution in [3.05, 3.63) is 56.9 Å². The van der Waals surface area contributed by atoms with Crippen molar-refractivity contribution in [1.82, 2.24) is 15.8 Å². The number of hydrogen-bond acceptors (Lipinski definition) is 6. The molecule has 0 aliphatic rings. The van der Waals surface area contributed by atoms with E-state index in [1.807, 2.05) is 17.5 Å². The Labute approximate surface area is 162 Å². The summed E-state index contributed by atoms with van der Waals surface area (Å²) in [6.45, 7) is 1.76. The molecule has 0 aliphatic carbocycles. The van der Waals surface area contributed by atoms with E-state index in [1.165, 1.54) is 30.6 Å². The molecule has 1 aromatic carbocycles. The van der Waals surface area contributed by atoms with E-state index in [0.29, 0.717) is 21.3 Å². The lowest BCUT2D eigenvalue weighted by atomic mass is 10.2. The summed E-state index contributed by atoms with van der Waals surface area (Å²) in [6.07, 6.45) is 0. The Bertz CT molecular complexity index is 954. The van der Waals surface area contributed by atoms with E-state index in [2.05, 4.69) is 15.8 Å². The molecule has 0 bridgehead atoms. The molecular formula is C17H14ClN3O3S2. The second-order valence-corrected chi connectivity index (χ2v) is 7.55. The second kappa shape index (κ2) is 7.86. The number of thiophene rings is 1. The number of hydrogen-bond donors (Lipinski definition) is 2. The molecule has 2 heterocycles. The Morgan fingerprint density at radius 2 is 1.96 bits per heavy atom. The molecule has 2 amide bonds. The number of carbonyl (C=O) groups is 2. The molecule has 6 nitrogen and oxygen atoms in total. The molecule has 3 rings (SSSR count). The number of thiazole rings is 1. The average molecular weight is 408 g/mol. The molecular weight excluding hydrogens is 394 g/mol. The molecule has 9 heteroatoms. The SMILES string of the molecule is COc1cc(Cl)ccc1C(=O)NNC(=O)c1sc(-c2cccs2)nc1C. The maximum atomic E-state index is 12.4. The third-order valence-corrected chi connectivity index (χ3v) is 5.86. The molecule has 3 aromatic rings. The predicted octanol–water partition coefficient (Wildman–Crippen LogP) is 3.92. The highest BCUT2D eigenvalue weighted by molar-refractivity contribution is 7.22. The lowest BCUT2D eigenvalue weighted by molar-refractivity contribution is 0.0846. The first-order chi connectivity index (χ1) is 12.5. The number of ether oxygens (including phenoxy) is 1. The number of methoxy groups -OCH3 is 1. The van der Waals surface area contributed by atoms with Gasteiger partial charge in [0.15, 0.2) is 0 Å². The van der Waals surface area contributed by atoms with Crippen LogP contribution in [0.2, 0.25) is 5.02 Å². The number of halogens is 1. The summed E-state index contributed by atoms with van der Waals surface area (Å²) >= 11 is 8.71. The summed E-state index contributed by atoms with van der Waals surface area (Å²) in [5.74, 6) is -0.616. The number of carbonyl (C=O) groups excluding carboxylic acids is 2. The van der Waals surface area contributed by atoms with Crippen molar-refractivity contribution < 1.29 is 14.3 Å². The summed E-state index contributed by atoms with van der Waals surface area (Å²) in [7, 11) is 1.44. The summed E-state index contributed by atoms with van der Waals surface area (Å²) in [4.78, 5) is 30.5. The molecule has 0 atom stereocenters. The van der Waals surface area contributed by atoms with Crippen LogP contribution < -0.4 is 15.6 Å². The Kier molecular flexibility index (Phi) is 5.55. The highest BCUT2D eigenvalue weighted by Gasteiger charge is 2.18. The zero-order valence-electron chi connectivity index (χ0n) is 13.8. The molecule has 0 saturated carbocycles. The number of nitrogens with zero attached hydrogens (tertiary/aromatic N) is 1. The maximum Gasteiger partial charge on any atom is 0.281 e. The quantitative estimate of drug-likeness (QED) is 0.642. The third-order valence-electron chi connectivity index (χ3n) is 3.43. The molecule has 0 unspecified atom stereocenters. The van der Waals surface area contributed by atoms with Crippen LogP contribution in [0.4, 0.5) is 0 Å². The van der Waals surface area contributed by atoms with Crippen molar-refractivity contribution in [2.24, 2.45) is 0 Å². The molecule has 134 valence electrons. The largest absolute Gasteiger partial charge is 0.496 e. The van der Waals surface area contributed by atoms with Gasteiger partial charge in [-0.1, -0.05) is 17.7 Å². The van der Waals surface area contributed by atoms with Crippen molar-refractivity contribution in [1.29, 1.82) is 0 Å². The smallest absolute Gasteiger partial charge is 0.281 e. The minimum atomic E-state index is -0.507. The van der Waals surface area contributed by atoms with Crippen LogP contribution in [0.15, 0.2) is 35.7 Å². The van der Waals surface area contributed by atoms with Gasteiger partial charge < -0.3 is 4.74 Å². The monoisotopic (exact) mass is 407 g/mol. The molecule has 0 spiro atoms.